The smallest absolute Gasteiger partial charge is 0.254 e. The van der Waals surface area contributed by atoms with Gasteiger partial charge < -0.3 is 19.6 Å². The van der Waals surface area contributed by atoms with E-state index in [4.69, 9.17) is 4.74 Å². The topological polar surface area (TPSA) is 73.3 Å². The molecule has 6 rings (SSSR count). The molecule has 0 aliphatic carbocycles. The van der Waals surface area contributed by atoms with Gasteiger partial charge in [0.15, 0.2) is 0 Å². The number of β-amino-alcohol motifs (C(OH)–C–C–N with tert-alkyl or cyclic N) is 1. The molecule has 2 amide bonds. The number of hydrogen-bond acceptors (Lipinski definition) is 5. The van der Waals surface area contributed by atoms with E-state index in [1.807, 2.05) is 11.0 Å². The number of ether oxygens (including phenoxy) is 1. The second kappa shape index (κ2) is 9.57. The highest BCUT2D eigenvalue weighted by atomic mass is 19.1. The Balaban J connectivity index is 1.08. The minimum absolute atomic E-state index is 0.00372. The summed E-state index contributed by atoms with van der Waals surface area (Å²) in [5.41, 5.74) is 3.25. The number of halogens is 1. The average Bonchev–Trinajstić information content (AvgIpc) is 3.15. The lowest BCUT2D eigenvalue weighted by atomic mass is 9.93. The van der Waals surface area contributed by atoms with Crippen LogP contribution >= 0.6 is 0 Å². The van der Waals surface area contributed by atoms with Gasteiger partial charge in [-0.05, 0) is 73.2 Å². The average molecular weight is 494 g/mol. The first-order valence-corrected chi connectivity index (χ1v) is 13.0. The van der Waals surface area contributed by atoms with Gasteiger partial charge >= 0.3 is 0 Å². The Labute approximate surface area is 210 Å². The molecule has 4 aliphatic rings. The van der Waals surface area contributed by atoms with Crippen molar-refractivity contribution >= 4 is 11.8 Å². The SMILES string of the molecule is O=C(c1ccc(C(=O)N2C3CCC2COC3)cc1)N1CC[C@@H](N2CCc3ccc(F)cc3C2)[C@H](O)C1. The number of aliphatic hydroxyl groups excluding tert-OH is 1. The van der Waals surface area contributed by atoms with Crippen LogP contribution in [0, 0.1) is 5.82 Å². The van der Waals surface area contributed by atoms with Crippen molar-refractivity contribution in [2.75, 3.05) is 32.8 Å². The van der Waals surface area contributed by atoms with Gasteiger partial charge in [-0.1, -0.05) is 6.07 Å². The molecule has 0 spiro atoms. The highest BCUT2D eigenvalue weighted by molar-refractivity contribution is 5.98. The Kier molecular flexibility index (Phi) is 6.27. The first kappa shape index (κ1) is 23.6. The quantitative estimate of drug-likeness (QED) is 0.711. The molecule has 0 radical (unpaired) electrons. The normalized spacial score (nSPS) is 28.2. The van der Waals surface area contributed by atoms with Crippen molar-refractivity contribution in [2.45, 2.75) is 56.5 Å². The van der Waals surface area contributed by atoms with E-state index in [-0.39, 0.29) is 42.3 Å². The van der Waals surface area contributed by atoms with Gasteiger partial charge in [0, 0.05) is 43.3 Å². The Morgan fingerprint density at radius 1 is 0.889 bits per heavy atom. The van der Waals surface area contributed by atoms with Crippen LogP contribution in [0.2, 0.25) is 0 Å². The van der Waals surface area contributed by atoms with Crippen LogP contribution < -0.4 is 0 Å². The second-order valence-corrected chi connectivity index (χ2v) is 10.5. The Hall–Kier alpha value is -2.81. The zero-order valence-corrected chi connectivity index (χ0v) is 20.3. The second-order valence-electron chi connectivity index (χ2n) is 10.5. The van der Waals surface area contributed by atoms with Gasteiger partial charge in [-0.3, -0.25) is 14.5 Å². The fraction of sp³-hybridized carbons (Fsp3) is 0.500. The molecule has 190 valence electrons. The number of morpholine rings is 1. The zero-order chi connectivity index (χ0) is 24.8. The van der Waals surface area contributed by atoms with Gasteiger partial charge in [-0.25, -0.2) is 4.39 Å². The maximum atomic E-state index is 13.7. The molecule has 36 heavy (non-hydrogen) atoms. The van der Waals surface area contributed by atoms with Crippen molar-refractivity contribution in [3.05, 3.63) is 70.5 Å². The number of piperidine rings is 1. The molecule has 7 nitrogen and oxygen atoms in total. The molecule has 2 aromatic carbocycles. The van der Waals surface area contributed by atoms with E-state index in [1.54, 1.807) is 35.2 Å². The molecule has 4 atom stereocenters. The maximum absolute atomic E-state index is 13.7. The molecule has 8 heteroatoms. The third-order valence-corrected chi connectivity index (χ3v) is 8.37. The van der Waals surface area contributed by atoms with E-state index < -0.39 is 6.10 Å². The van der Waals surface area contributed by atoms with Crippen molar-refractivity contribution in [1.29, 1.82) is 0 Å². The van der Waals surface area contributed by atoms with Gasteiger partial charge in [0.05, 0.1) is 31.4 Å². The largest absolute Gasteiger partial charge is 0.390 e. The lowest BCUT2D eigenvalue weighted by molar-refractivity contribution is -0.0137. The first-order valence-electron chi connectivity index (χ1n) is 13.0. The highest BCUT2D eigenvalue weighted by Gasteiger charge is 2.41. The van der Waals surface area contributed by atoms with Crippen LogP contribution in [0.3, 0.4) is 0 Å². The molecule has 2 bridgehead atoms. The third kappa shape index (κ3) is 4.31. The number of carbonyl (C=O) groups is 2. The summed E-state index contributed by atoms with van der Waals surface area (Å²) in [7, 11) is 0. The van der Waals surface area contributed by atoms with E-state index in [0.717, 1.165) is 36.9 Å². The number of carbonyl (C=O) groups excluding carboxylic acids is 2. The molecule has 4 aliphatic heterocycles. The van der Waals surface area contributed by atoms with Crippen LogP contribution in [0.4, 0.5) is 4.39 Å². The fourth-order valence-electron chi connectivity index (χ4n) is 6.41. The van der Waals surface area contributed by atoms with Crippen molar-refractivity contribution in [2.24, 2.45) is 0 Å². The van der Waals surface area contributed by atoms with E-state index in [9.17, 15) is 19.1 Å². The lowest BCUT2D eigenvalue weighted by Crippen LogP contribution is -2.56. The van der Waals surface area contributed by atoms with Gasteiger partial charge in [0.2, 0.25) is 0 Å². The minimum Gasteiger partial charge on any atom is -0.390 e. The number of benzene rings is 2. The number of amides is 2. The van der Waals surface area contributed by atoms with E-state index in [1.165, 1.54) is 6.07 Å². The zero-order valence-electron chi connectivity index (χ0n) is 20.3. The lowest BCUT2D eigenvalue weighted by Gasteiger charge is -2.43. The van der Waals surface area contributed by atoms with Crippen molar-refractivity contribution in [3.8, 4) is 0 Å². The van der Waals surface area contributed by atoms with Gasteiger partial charge in [-0.15, -0.1) is 0 Å². The molecule has 3 saturated heterocycles. The van der Waals surface area contributed by atoms with Crippen molar-refractivity contribution in [3.63, 3.8) is 0 Å². The van der Waals surface area contributed by atoms with Gasteiger partial charge in [0.1, 0.15) is 5.82 Å². The van der Waals surface area contributed by atoms with E-state index in [2.05, 4.69) is 4.90 Å². The predicted molar refractivity (Wildman–Crippen MR) is 131 cm³/mol. The monoisotopic (exact) mass is 493 g/mol. The minimum atomic E-state index is -0.671. The molecule has 3 fully saturated rings. The molecule has 0 saturated carbocycles. The standard InChI is InChI=1S/C28H32FN3O4/c29-22-6-5-18-9-11-30(14-21(18)13-22)25-10-12-31(15-26(25)33)27(34)19-1-3-20(4-2-19)28(35)32-23-7-8-24(32)17-36-16-23/h1-6,13,23-26,33H,7-12,14-17H2/t23?,24?,25-,26-/m1/s1. The van der Waals surface area contributed by atoms with Crippen LogP contribution in [0.5, 0.6) is 0 Å². The Morgan fingerprint density at radius 2 is 1.58 bits per heavy atom. The molecular formula is C28H32FN3O4. The Morgan fingerprint density at radius 3 is 2.28 bits per heavy atom. The maximum Gasteiger partial charge on any atom is 0.254 e. The molecule has 0 aromatic heterocycles. The van der Waals surface area contributed by atoms with E-state index in [0.29, 0.717) is 43.9 Å². The predicted octanol–water partition coefficient (Wildman–Crippen LogP) is 2.46. The highest BCUT2D eigenvalue weighted by Crippen LogP contribution is 2.31. The summed E-state index contributed by atoms with van der Waals surface area (Å²) < 4.78 is 19.3. The van der Waals surface area contributed by atoms with Crippen molar-refractivity contribution in [1.82, 2.24) is 14.7 Å². The van der Waals surface area contributed by atoms with E-state index >= 15 is 0 Å². The Bertz CT molecular complexity index is 1140. The summed E-state index contributed by atoms with van der Waals surface area (Å²) in [6.07, 6.45) is 2.78. The van der Waals surface area contributed by atoms with Crippen LogP contribution in [0.15, 0.2) is 42.5 Å². The number of likely N-dealkylation sites (tertiary alicyclic amines) is 1. The summed E-state index contributed by atoms with van der Waals surface area (Å²) in [4.78, 5) is 32.1. The van der Waals surface area contributed by atoms with Crippen LogP contribution in [-0.4, -0.2) is 88.7 Å². The summed E-state index contributed by atoms with van der Waals surface area (Å²) in [5, 5.41) is 10.9. The molecule has 2 unspecified atom stereocenters. The number of aliphatic hydroxyl groups is 1. The van der Waals surface area contributed by atoms with Crippen molar-refractivity contribution < 1.29 is 23.8 Å². The molecule has 2 aromatic rings. The van der Waals surface area contributed by atoms with Gasteiger partial charge in [-0.2, -0.15) is 0 Å². The number of fused-ring (bicyclic) bond motifs is 3. The summed E-state index contributed by atoms with van der Waals surface area (Å²) in [6.45, 7) is 3.42. The first-order chi connectivity index (χ1) is 17.5. The van der Waals surface area contributed by atoms with Crippen LogP contribution in [0.25, 0.3) is 0 Å². The number of hydrogen-bond donors (Lipinski definition) is 1. The molecule has 4 heterocycles. The van der Waals surface area contributed by atoms with Crippen LogP contribution in [-0.2, 0) is 17.7 Å². The summed E-state index contributed by atoms with van der Waals surface area (Å²) in [5.74, 6) is -0.366. The fourth-order valence-corrected chi connectivity index (χ4v) is 6.41. The van der Waals surface area contributed by atoms with Crippen LogP contribution in [0.1, 0.15) is 51.1 Å². The molecular weight excluding hydrogens is 461 g/mol. The van der Waals surface area contributed by atoms with Gasteiger partial charge in [0.25, 0.3) is 11.8 Å². The number of rotatable bonds is 3. The molecule has 1 N–H and O–H groups in total. The number of nitrogens with zero attached hydrogens (tertiary/aromatic N) is 3. The summed E-state index contributed by atoms with van der Waals surface area (Å²) in [6, 6.07) is 12.1. The summed E-state index contributed by atoms with van der Waals surface area (Å²) >= 11 is 0. The third-order valence-electron chi connectivity index (χ3n) is 8.37.